The lowest BCUT2D eigenvalue weighted by Crippen LogP contribution is -2.53. The summed E-state index contributed by atoms with van der Waals surface area (Å²) >= 11 is 0. The summed E-state index contributed by atoms with van der Waals surface area (Å²) in [5.41, 5.74) is 8.22. The second kappa shape index (κ2) is 6.02. The molecule has 4 nitrogen and oxygen atoms in total. The van der Waals surface area contributed by atoms with Crippen LogP contribution in [0.5, 0.6) is 5.75 Å². The number of rotatable bonds is 3. The Morgan fingerprint density at radius 3 is 2.30 bits per heavy atom. The molecule has 0 bridgehead atoms. The van der Waals surface area contributed by atoms with Gasteiger partial charge in [-0.3, -0.25) is 9.80 Å². The van der Waals surface area contributed by atoms with Crippen LogP contribution in [0.15, 0.2) is 18.2 Å². The van der Waals surface area contributed by atoms with E-state index in [2.05, 4.69) is 36.6 Å². The smallest absolute Gasteiger partial charge is 0.141 e. The number of hydrogen-bond acceptors (Lipinski definition) is 4. The average molecular weight is 277 g/mol. The summed E-state index contributed by atoms with van der Waals surface area (Å²) in [6.07, 6.45) is 0. The molecule has 1 fully saturated rings. The molecule has 0 radical (unpaired) electrons. The second-order valence-electron chi connectivity index (χ2n) is 6.51. The lowest BCUT2D eigenvalue weighted by atomic mass is 10.0. The molecule has 0 aromatic heterocycles. The number of hydrogen-bond donors (Lipinski definition) is 1. The molecule has 1 aromatic rings. The van der Waals surface area contributed by atoms with Crippen molar-refractivity contribution in [1.82, 2.24) is 9.80 Å². The molecule has 4 heteroatoms. The van der Waals surface area contributed by atoms with E-state index >= 15 is 0 Å². The molecule has 0 spiro atoms. The van der Waals surface area contributed by atoms with Crippen LogP contribution < -0.4 is 10.5 Å². The van der Waals surface area contributed by atoms with Gasteiger partial charge in [0.2, 0.25) is 0 Å². The predicted octanol–water partition coefficient (Wildman–Crippen LogP) is 2.19. The third-order valence-electron chi connectivity index (χ3n) is 4.02. The van der Waals surface area contributed by atoms with Crippen LogP contribution >= 0.6 is 0 Å². The lowest BCUT2D eigenvalue weighted by Gasteiger charge is -2.42. The van der Waals surface area contributed by atoms with Crippen LogP contribution in [0.1, 0.15) is 26.3 Å². The monoisotopic (exact) mass is 277 g/mol. The first-order valence-corrected chi connectivity index (χ1v) is 7.30. The molecule has 2 rings (SSSR count). The Bertz CT molecular complexity index is 446. The van der Waals surface area contributed by atoms with Gasteiger partial charge in [-0.25, -0.2) is 0 Å². The first-order chi connectivity index (χ1) is 9.40. The number of anilines is 1. The Kier molecular flexibility index (Phi) is 4.55. The van der Waals surface area contributed by atoms with Crippen molar-refractivity contribution < 1.29 is 4.74 Å². The molecule has 1 heterocycles. The fourth-order valence-electron chi connectivity index (χ4n) is 2.72. The first kappa shape index (κ1) is 15.1. The molecule has 1 aliphatic rings. The minimum atomic E-state index is 0.274. The first-order valence-electron chi connectivity index (χ1n) is 7.30. The molecule has 0 atom stereocenters. The molecule has 0 aliphatic carbocycles. The van der Waals surface area contributed by atoms with Gasteiger partial charge in [0.25, 0.3) is 0 Å². The van der Waals surface area contributed by atoms with E-state index in [-0.39, 0.29) is 5.54 Å². The van der Waals surface area contributed by atoms with Crippen LogP contribution in [-0.2, 0) is 6.54 Å². The maximum absolute atomic E-state index is 5.96. The maximum atomic E-state index is 5.96. The minimum absolute atomic E-state index is 0.274. The summed E-state index contributed by atoms with van der Waals surface area (Å²) in [6, 6.07) is 6.08. The van der Waals surface area contributed by atoms with E-state index in [1.165, 1.54) is 5.56 Å². The van der Waals surface area contributed by atoms with Gasteiger partial charge in [0.1, 0.15) is 5.75 Å². The van der Waals surface area contributed by atoms with Crippen LogP contribution in [0, 0.1) is 0 Å². The van der Waals surface area contributed by atoms with Gasteiger partial charge in [-0.15, -0.1) is 0 Å². The zero-order valence-electron chi connectivity index (χ0n) is 13.1. The van der Waals surface area contributed by atoms with Crippen molar-refractivity contribution in [2.24, 2.45) is 0 Å². The highest BCUT2D eigenvalue weighted by molar-refractivity contribution is 5.54. The number of piperazine rings is 1. The molecule has 112 valence electrons. The lowest BCUT2D eigenvalue weighted by molar-refractivity contribution is 0.0591. The van der Waals surface area contributed by atoms with Crippen molar-refractivity contribution >= 4 is 5.69 Å². The summed E-state index contributed by atoms with van der Waals surface area (Å²) in [4.78, 5) is 5.04. The van der Waals surface area contributed by atoms with E-state index in [0.717, 1.165) is 44.2 Å². The normalized spacial score (nSPS) is 18.2. The highest BCUT2D eigenvalue weighted by atomic mass is 16.5. The summed E-state index contributed by atoms with van der Waals surface area (Å²) in [6.45, 7) is 12.3. The largest absolute Gasteiger partial charge is 0.495 e. The van der Waals surface area contributed by atoms with Gasteiger partial charge in [0, 0.05) is 38.3 Å². The SMILES string of the molecule is COc1ccc(CN2CCN(C(C)(C)C)CC2)cc1N. The number of methoxy groups -OCH3 is 1. The minimum Gasteiger partial charge on any atom is -0.495 e. The zero-order chi connectivity index (χ0) is 14.8. The average Bonchev–Trinajstić information content (AvgIpc) is 2.38. The van der Waals surface area contributed by atoms with Crippen molar-refractivity contribution in [3.05, 3.63) is 23.8 Å². The Hall–Kier alpha value is -1.26. The predicted molar refractivity (Wildman–Crippen MR) is 84.0 cm³/mol. The number of ether oxygens (including phenoxy) is 1. The van der Waals surface area contributed by atoms with Gasteiger partial charge in [0.05, 0.1) is 12.8 Å². The molecule has 20 heavy (non-hydrogen) atoms. The Labute approximate surface area is 122 Å². The molecule has 0 unspecified atom stereocenters. The van der Waals surface area contributed by atoms with Crippen LogP contribution in [0.25, 0.3) is 0 Å². The van der Waals surface area contributed by atoms with Crippen molar-refractivity contribution in [2.75, 3.05) is 39.0 Å². The quantitative estimate of drug-likeness (QED) is 0.860. The summed E-state index contributed by atoms with van der Waals surface area (Å²) in [5.74, 6) is 0.756. The highest BCUT2D eigenvalue weighted by Crippen LogP contribution is 2.23. The van der Waals surface area contributed by atoms with Gasteiger partial charge >= 0.3 is 0 Å². The van der Waals surface area contributed by atoms with Crippen LogP contribution in [0.3, 0.4) is 0 Å². The number of nitrogens with two attached hydrogens (primary N) is 1. The van der Waals surface area contributed by atoms with Crippen molar-refractivity contribution in [1.29, 1.82) is 0 Å². The third-order valence-corrected chi connectivity index (χ3v) is 4.02. The van der Waals surface area contributed by atoms with Crippen molar-refractivity contribution in [3.8, 4) is 5.75 Å². The third kappa shape index (κ3) is 3.64. The number of benzene rings is 1. The molecule has 1 saturated heterocycles. The van der Waals surface area contributed by atoms with E-state index in [1.807, 2.05) is 12.1 Å². The summed E-state index contributed by atoms with van der Waals surface area (Å²) in [5, 5.41) is 0. The van der Waals surface area contributed by atoms with Gasteiger partial charge < -0.3 is 10.5 Å². The van der Waals surface area contributed by atoms with Gasteiger partial charge in [-0.1, -0.05) is 6.07 Å². The van der Waals surface area contributed by atoms with Gasteiger partial charge in [-0.05, 0) is 38.5 Å². The fraction of sp³-hybridized carbons (Fsp3) is 0.625. The molecule has 0 saturated carbocycles. The number of nitrogens with zero attached hydrogens (tertiary/aromatic N) is 2. The van der Waals surface area contributed by atoms with E-state index in [9.17, 15) is 0 Å². The molecular formula is C16H27N3O. The van der Waals surface area contributed by atoms with E-state index in [0.29, 0.717) is 0 Å². The Balaban J connectivity index is 1.91. The summed E-state index contributed by atoms with van der Waals surface area (Å²) in [7, 11) is 1.65. The van der Waals surface area contributed by atoms with E-state index in [1.54, 1.807) is 7.11 Å². The van der Waals surface area contributed by atoms with Crippen LogP contribution in [0.4, 0.5) is 5.69 Å². The Morgan fingerprint density at radius 1 is 1.15 bits per heavy atom. The van der Waals surface area contributed by atoms with Gasteiger partial charge in [0.15, 0.2) is 0 Å². The van der Waals surface area contributed by atoms with Crippen LogP contribution in [0.2, 0.25) is 0 Å². The van der Waals surface area contributed by atoms with Gasteiger partial charge in [-0.2, -0.15) is 0 Å². The molecule has 1 aromatic carbocycles. The van der Waals surface area contributed by atoms with Crippen molar-refractivity contribution in [2.45, 2.75) is 32.9 Å². The molecule has 0 amide bonds. The second-order valence-corrected chi connectivity index (χ2v) is 6.51. The fourth-order valence-corrected chi connectivity index (χ4v) is 2.72. The molecular weight excluding hydrogens is 250 g/mol. The van der Waals surface area contributed by atoms with Crippen molar-refractivity contribution in [3.63, 3.8) is 0 Å². The number of nitrogen functional groups attached to an aromatic ring is 1. The highest BCUT2D eigenvalue weighted by Gasteiger charge is 2.25. The maximum Gasteiger partial charge on any atom is 0.141 e. The molecule has 1 aliphatic heterocycles. The van der Waals surface area contributed by atoms with E-state index < -0.39 is 0 Å². The summed E-state index contributed by atoms with van der Waals surface area (Å²) < 4.78 is 5.20. The standard InChI is InChI=1S/C16H27N3O/c1-16(2,3)19-9-7-18(8-10-19)12-13-5-6-15(20-4)14(17)11-13/h5-6,11H,7-10,12,17H2,1-4H3. The van der Waals surface area contributed by atoms with E-state index in [4.69, 9.17) is 10.5 Å². The topological polar surface area (TPSA) is 41.7 Å². The molecule has 2 N–H and O–H groups in total. The van der Waals surface area contributed by atoms with Crippen LogP contribution in [-0.4, -0.2) is 48.6 Å². The Morgan fingerprint density at radius 2 is 1.80 bits per heavy atom. The zero-order valence-corrected chi connectivity index (χ0v) is 13.1.